The van der Waals surface area contributed by atoms with E-state index >= 15 is 0 Å². The smallest absolute Gasteiger partial charge is 0.280 e. The van der Waals surface area contributed by atoms with Crippen LogP contribution in [0.4, 0.5) is 8.78 Å². The van der Waals surface area contributed by atoms with Crippen molar-refractivity contribution < 1.29 is 18.3 Å². The van der Waals surface area contributed by atoms with Gasteiger partial charge in [-0.05, 0) is 19.4 Å². The first-order chi connectivity index (χ1) is 13.1. The van der Waals surface area contributed by atoms with Crippen LogP contribution in [-0.4, -0.2) is 40.3 Å². The van der Waals surface area contributed by atoms with Gasteiger partial charge in [-0.2, -0.15) is 5.10 Å². The van der Waals surface area contributed by atoms with Gasteiger partial charge in [-0.15, -0.1) is 0 Å². The molecule has 0 bridgehead atoms. The number of halogens is 2. The summed E-state index contributed by atoms with van der Waals surface area (Å²) in [7, 11) is 0. The average Bonchev–Trinajstić information content (AvgIpc) is 3.11. The number of fused-ring (bicyclic) bond motifs is 1. The van der Waals surface area contributed by atoms with Gasteiger partial charge in [0.05, 0.1) is 11.9 Å². The van der Waals surface area contributed by atoms with Crippen LogP contribution in [0.25, 0.3) is 16.9 Å². The minimum atomic E-state index is -2.75. The lowest BCUT2D eigenvalue weighted by Crippen LogP contribution is -2.25. The molecule has 0 fully saturated rings. The molecule has 0 saturated heterocycles. The average molecular weight is 374 g/mol. The summed E-state index contributed by atoms with van der Waals surface area (Å²) in [5, 5.41) is 6.69. The highest BCUT2D eigenvalue weighted by molar-refractivity contribution is 5.99. The first-order valence-electron chi connectivity index (χ1n) is 8.70. The van der Waals surface area contributed by atoms with E-state index in [4.69, 9.17) is 4.74 Å². The molecule has 0 spiro atoms. The van der Waals surface area contributed by atoms with E-state index in [1.54, 1.807) is 24.3 Å². The van der Waals surface area contributed by atoms with Gasteiger partial charge in [0.15, 0.2) is 5.65 Å². The van der Waals surface area contributed by atoms with Gasteiger partial charge in [-0.25, -0.2) is 18.3 Å². The van der Waals surface area contributed by atoms with E-state index in [0.717, 1.165) is 4.52 Å². The Morgan fingerprint density at radius 3 is 2.78 bits per heavy atom. The van der Waals surface area contributed by atoms with E-state index in [1.165, 1.54) is 12.3 Å². The maximum atomic E-state index is 13.5. The molecule has 0 unspecified atom stereocenters. The van der Waals surface area contributed by atoms with E-state index in [0.29, 0.717) is 37.4 Å². The normalized spacial score (nSPS) is 11.3. The minimum Gasteiger partial charge on any atom is -0.382 e. The van der Waals surface area contributed by atoms with Gasteiger partial charge >= 0.3 is 0 Å². The Balaban J connectivity index is 1.93. The Kier molecular flexibility index (Phi) is 6.08. The highest BCUT2D eigenvalue weighted by Crippen LogP contribution is 2.26. The molecule has 8 heteroatoms. The zero-order chi connectivity index (χ0) is 19.2. The Morgan fingerprint density at radius 2 is 2.07 bits per heavy atom. The number of carbonyl (C=O) groups is 1. The highest BCUT2D eigenvalue weighted by Gasteiger charge is 2.21. The molecule has 1 amide bonds. The predicted molar refractivity (Wildman–Crippen MR) is 96.8 cm³/mol. The van der Waals surface area contributed by atoms with Gasteiger partial charge in [0.1, 0.15) is 11.3 Å². The van der Waals surface area contributed by atoms with E-state index in [-0.39, 0.29) is 16.9 Å². The molecule has 6 nitrogen and oxygen atoms in total. The fourth-order valence-corrected chi connectivity index (χ4v) is 2.67. The highest BCUT2D eigenvalue weighted by atomic mass is 19.3. The van der Waals surface area contributed by atoms with Crippen LogP contribution in [0.15, 0.2) is 42.6 Å². The third-order valence-corrected chi connectivity index (χ3v) is 3.99. The van der Waals surface area contributed by atoms with Crippen LogP contribution in [0.2, 0.25) is 0 Å². The summed E-state index contributed by atoms with van der Waals surface area (Å²) in [6.07, 6.45) is -0.829. The molecular formula is C19H20F2N4O2. The number of alkyl halides is 2. The summed E-state index contributed by atoms with van der Waals surface area (Å²) in [5.41, 5.74) is 1.00. The van der Waals surface area contributed by atoms with Crippen molar-refractivity contribution in [2.75, 3.05) is 19.8 Å². The Labute approximate surface area is 155 Å². The van der Waals surface area contributed by atoms with Crippen molar-refractivity contribution in [2.24, 2.45) is 0 Å². The molecule has 2 heterocycles. The molecule has 27 heavy (non-hydrogen) atoms. The number of aromatic nitrogens is 3. The summed E-state index contributed by atoms with van der Waals surface area (Å²) in [4.78, 5) is 16.9. The number of benzene rings is 1. The van der Waals surface area contributed by atoms with Crippen LogP contribution in [0.3, 0.4) is 0 Å². The molecule has 1 aromatic carbocycles. The summed E-state index contributed by atoms with van der Waals surface area (Å²) in [5.74, 6) is -0.403. The fourth-order valence-electron chi connectivity index (χ4n) is 2.67. The van der Waals surface area contributed by atoms with Gasteiger partial charge in [-0.3, -0.25) is 4.79 Å². The number of nitrogens with zero attached hydrogens (tertiary/aromatic N) is 3. The molecular weight excluding hydrogens is 354 g/mol. The maximum Gasteiger partial charge on any atom is 0.280 e. The van der Waals surface area contributed by atoms with Gasteiger partial charge in [0.25, 0.3) is 12.3 Å². The SMILES string of the molecule is CCOCCCNC(=O)c1cnn2c(C(F)F)cc(-c3ccccc3)nc12. The van der Waals surface area contributed by atoms with Crippen LogP contribution >= 0.6 is 0 Å². The van der Waals surface area contributed by atoms with Gasteiger partial charge in [0, 0.05) is 25.3 Å². The lowest BCUT2D eigenvalue weighted by Gasteiger charge is -2.09. The second-order valence-corrected chi connectivity index (χ2v) is 5.83. The molecule has 142 valence electrons. The summed E-state index contributed by atoms with van der Waals surface area (Å²) >= 11 is 0. The topological polar surface area (TPSA) is 68.5 Å². The van der Waals surface area contributed by atoms with E-state index in [1.807, 2.05) is 13.0 Å². The molecule has 0 aliphatic carbocycles. The van der Waals surface area contributed by atoms with Crippen molar-refractivity contribution >= 4 is 11.6 Å². The van der Waals surface area contributed by atoms with E-state index in [2.05, 4.69) is 15.4 Å². The first-order valence-corrected chi connectivity index (χ1v) is 8.70. The largest absolute Gasteiger partial charge is 0.382 e. The van der Waals surface area contributed by atoms with Crippen LogP contribution in [0.1, 0.15) is 35.8 Å². The quantitative estimate of drug-likeness (QED) is 0.613. The molecule has 0 radical (unpaired) electrons. The molecule has 0 saturated carbocycles. The summed E-state index contributed by atoms with van der Waals surface area (Å²) in [6, 6.07) is 10.3. The lowest BCUT2D eigenvalue weighted by molar-refractivity contribution is 0.0945. The standard InChI is InChI=1S/C19H20F2N4O2/c1-2-27-10-6-9-22-19(26)14-12-23-25-16(17(20)21)11-15(24-18(14)25)13-7-4-3-5-8-13/h3-5,7-8,11-12,17H,2,6,9-10H2,1H3,(H,22,26). The molecule has 1 N–H and O–H groups in total. The zero-order valence-corrected chi connectivity index (χ0v) is 14.9. The number of hydrogen-bond donors (Lipinski definition) is 1. The molecule has 3 aromatic rings. The number of ether oxygens (including phenoxy) is 1. The van der Waals surface area contributed by atoms with Crippen molar-refractivity contribution in [1.82, 2.24) is 19.9 Å². The van der Waals surface area contributed by atoms with Crippen molar-refractivity contribution in [3.8, 4) is 11.3 Å². The fraction of sp³-hybridized carbons (Fsp3) is 0.316. The van der Waals surface area contributed by atoms with Crippen molar-refractivity contribution in [3.63, 3.8) is 0 Å². The molecule has 2 aromatic heterocycles. The molecule has 0 aliphatic rings. The van der Waals surface area contributed by atoms with Crippen LogP contribution in [0.5, 0.6) is 0 Å². The van der Waals surface area contributed by atoms with Crippen LogP contribution in [0, 0.1) is 0 Å². The van der Waals surface area contributed by atoms with Crippen LogP contribution < -0.4 is 5.32 Å². The predicted octanol–water partition coefficient (Wildman–Crippen LogP) is 3.49. The maximum absolute atomic E-state index is 13.5. The molecule has 0 aliphatic heterocycles. The van der Waals surface area contributed by atoms with Crippen molar-refractivity contribution in [3.05, 3.63) is 53.9 Å². The molecule has 3 rings (SSSR count). The first kappa shape index (κ1) is 18.9. The summed E-state index contributed by atoms with van der Waals surface area (Å²) in [6.45, 7) is 3.46. The van der Waals surface area contributed by atoms with Crippen molar-refractivity contribution in [2.45, 2.75) is 19.8 Å². The second-order valence-electron chi connectivity index (χ2n) is 5.83. The van der Waals surface area contributed by atoms with Crippen LogP contribution in [-0.2, 0) is 4.74 Å². The summed E-state index contributed by atoms with van der Waals surface area (Å²) < 4.78 is 33.3. The number of carbonyl (C=O) groups excluding carboxylic acids is 1. The monoisotopic (exact) mass is 374 g/mol. The zero-order valence-electron chi connectivity index (χ0n) is 14.9. The Bertz CT molecular complexity index is 913. The number of nitrogens with one attached hydrogen (secondary N) is 1. The van der Waals surface area contributed by atoms with Gasteiger partial charge < -0.3 is 10.1 Å². The lowest BCUT2D eigenvalue weighted by atomic mass is 10.1. The third kappa shape index (κ3) is 4.28. The Morgan fingerprint density at radius 1 is 1.30 bits per heavy atom. The van der Waals surface area contributed by atoms with E-state index in [9.17, 15) is 13.6 Å². The molecule has 0 atom stereocenters. The van der Waals surface area contributed by atoms with Gasteiger partial charge in [0.2, 0.25) is 0 Å². The number of amides is 1. The number of rotatable bonds is 8. The number of hydrogen-bond acceptors (Lipinski definition) is 4. The van der Waals surface area contributed by atoms with Crippen molar-refractivity contribution in [1.29, 1.82) is 0 Å². The Hall–Kier alpha value is -2.87. The van der Waals surface area contributed by atoms with Gasteiger partial charge in [-0.1, -0.05) is 30.3 Å². The van der Waals surface area contributed by atoms with E-state index < -0.39 is 12.3 Å². The minimum absolute atomic E-state index is 0.106. The second kappa shape index (κ2) is 8.68. The third-order valence-electron chi connectivity index (χ3n) is 3.99.